The van der Waals surface area contributed by atoms with Gasteiger partial charge in [0.05, 0.1) is 6.54 Å². The third-order valence-electron chi connectivity index (χ3n) is 3.77. The summed E-state index contributed by atoms with van der Waals surface area (Å²) in [5, 5.41) is 6.64. The summed E-state index contributed by atoms with van der Waals surface area (Å²) >= 11 is 1.84. The van der Waals surface area contributed by atoms with Crippen molar-refractivity contribution < 1.29 is 18.0 Å². The fourth-order valence-electron chi connectivity index (χ4n) is 2.53. The lowest BCUT2D eigenvalue weighted by atomic mass is 9.95. The van der Waals surface area contributed by atoms with E-state index in [0.717, 1.165) is 26.3 Å². The molecule has 0 saturated heterocycles. The summed E-state index contributed by atoms with van der Waals surface area (Å²) in [6.45, 7) is -1.47. The molecule has 0 aliphatic heterocycles. The summed E-state index contributed by atoms with van der Waals surface area (Å²) < 4.78 is 36.8. The Morgan fingerprint density at radius 1 is 1.38 bits per heavy atom. The lowest BCUT2D eigenvalue weighted by Gasteiger charge is -2.30. The Kier molecular flexibility index (Phi) is 11.1. The third kappa shape index (κ3) is 9.19. The van der Waals surface area contributed by atoms with E-state index in [1.165, 1.54) is 6.42 Å². The number of nitrogens with zero attached hydrogens (tertiary/aromatic N) is 2. The first-order chi connectivity index (χ1) is 10.7. The Morgan fingerprint density at radius 2 is 2.04 bits per heavy atom. The van der Waals surface area contributed by atoms with Gasteiger partial charge in [-0.3, -0.25) is 9.79 Å². The predicted molar refractivity (Wildman–Crippen MR) is 103 cm³/mol. The molecule has 142 valence electrons. The van der Waals surface area contributed by atoms with E-state index in [2.05, 4.69) is 21.9 Å². The Morgan fingerprint density at radius 3 is 2.58 bits per heavy atom. The molecule has 2 atom stereocenters. The Hall–Kier alpha value is -0.390. The van der Waals surface area contributed by atoms with E-state index < -0.39 is 18.6 Å². The first-order valence-electron chi connectivity index (χ1n) is 7.56. The summed E-state index contributed by atoms with van der Waals surface area (Å²) in [7, 11) is 2.71. The number of hydrogen-bond acceptors (Lipinski definition) is 3. The lowest BCUT2D eigenvalue weighted by Crippen LogP contribution is -2.49. The van der Waals surface area contributed by atoms with E-state index in [4.69, 9.17) is 0 Å². The standard InChI is InChI=1S/C14H25F3N4OS.HI/c1-18-13(20-10-5-4-6-11(7-10)23-3)19-8-12(22)21(2)9-14(15,16)17;/h10-11H,4-9H2,1-3H3,(H2,18,19,20);1H. The molecule has 24 heavy (non-hydrogen) atoms. The van der Waals surface area contributed by atoms with Crippen molar-refractivity contribution in [2.45, 2.75) is 43.2 Å². The highest BCUT2D eigenvalue weighted by molar-refractivity contribution is 14.0. The molecule has 1 aliphatic carbocycles. The number of hydrogen-bond donors (Lipinski definition) is 2. The number of alkyl halides is 3. The van der Waals surface area contributed by atoms with Crippen LogP contribution in [0.4, 0.5) is 13.2 Å². The minimum Gasteiger partial charge on any atom is -0.354 e. The average Bonchev–Trinajstić information content (AvgIpc) is 2.49. The molecule has 1 aliphatic rings. The van der Waals surface area contributed by atoms with Crippen molar-refractivity contribution in [3.8, 4) is 0 Å². The van der Waals surface area contributed by atoms with Gasteiger partial charge in [0.15, 0.2) is 5.96 Å². The number of rotatable bonds is 5. The Balaban J connectivity index is 0.00000529. The first kappa shape index (κ1) is 23.6. The number of amides is 1. The van der Waals surface area contributed by atoms with Crippen LogP contribution >= 0.6 is 35.7 Å². The second-order valence-corrected chi connectivity index (χ2v) is 6.79. The van der Waals surface area contributed by atoms with Crippen LogP contribution in [0.25, 0.3) is 0 Å². The van der Waals surface area contributed by atoms with Crippen LogP contribution in [-0.2, 0) is 4.79 Å². The number of halogens is 4. The van der Waals surface area contributed by atoms with Crippen LogP contribution in [0.15, 0.2) is 4.99 Å². The van der Waals surface area contributed by atoms with E-state index in [0.29, 0.717) is 16.1 Å². The zero-order valence-corrected chi connectivity index (χ0v) is 17.3. The molecule has 2 N–H and O–H groups in total. The quantitative estimate of drug-likeness (QED) is 0.359. The molecule has 10 heteroatoms. The number of thioether (sulfide) groups is 1. The molecule has 1 rings (SSSR count). The Labute approximate surface area is 162 Å². The molecule has 1 amide bonds. The molecule has 0 aromatic heterocycles. The summed E-state index contributed by atoms with van der Waals surface area (Å²) in [5.41, 5.74) is 0. The molecular weight excluding hydrogens is 456 g/mol. The topological polar surface area (TPSA) is 56.7 Å². The summed E-state index contributed by atoms with van der Waals surface area (Å²) in [6, 6.07) is 0.274. The van der Waals surface area contributed by atoms with Crippen molar-refractivity contribution >= 4 is 47.6 Å². The van der Waals surface area contributed by atoms with E-state index in [-0.39, 0.29) is 36.6 Å². The Bertz CT molecular complexity index is 423. The van der Waals surface area contributed by atoms with Crippen LogP contribution in [0.2, 0.25) is 0 Å². The van der Waals surface area contributed by atoms with E-state index in [9.17, 15) is 18.0 Å². The minimum absolute atomic E-state index is 0. The van der Waals surface area contributed by atoms with Crippen LogP contribution < -0.4 is 10.6 Å². The second-order valence-electron chi connectivity index (χ2n) is 5.66. The fourth-order valence-corrected chi connectivity index (χ4v) is 3.36. The second kappa shape index (κ2) is 11.3. The van der Waals surface area contributed by atoms with Crippen LogP contribution in [0, 0.1) is 0 Å². The third-order valence-corrected chi connectivity index (χ3v) is 4.87. The van der Waals surface area contributed by atoms with Gasteiger partial charge in [-0.1, -0.05) is 6.42 Å². The van der Waals surface area contributed by atoms with Crippen LogP contribution in [-0.4, -0.2) is 67.7 Å². The van der Waals surface area contributed by atoms with Crippen LogP contribution in [0.1, 0.15) is 25.7 Å². The van der Waals surface area contributed by atoms with Crippen molar-refractivity contribution in [3.05, 3.63) is 0 Å². The lowest BCUT2D eigenvalue weighted by molar-refractivity contribution is -0.157. The summed E-state index contributed by atoms with van der Waals surface area (Å²) in [4.78, 5) is 16.4. The van der Waals surface area contributed by atoms with Gasteiger partial charge in [-0.05, 0) is 25.5 Å². The zero-order chi connectivity index (χ0) is 17.5. The number of likely N-dealkylation sites (N-methyl/N-ethyl adjacent to an activating group) is 1. The number of carbonyl (C=O) groups is 1. The fraction of sp³-hybridized carbons (Fsp3) is 0.857. The molecule has 0 aromatic rings. The van der Waals surface area contributed by atoms with Crippen LogP contribution in [0.5, 0.6) is 0 Å². The average molecular weight is 482 g/mol. The summed E-state index contributed by atoms with van der Waals surface area (Å²) in [6.07, 6.45) is 2.08. The highest BCUT2D eigenvalue weighted by Gasteiger charge is 2.31. The van der Waals surface area contributed by atoms with Gasteiger partial charge in [-0.25, -0.2) is 0 Å². The number of nitrogens with one attached hydrogen (secondary N) is 2. The molecule has 1 fully saturated rings. The smallest absolute Gasteiger partial charge is 0.354 e. The molecule has 5 nitrogen and oxygen atoms in total. The van der Waals surface area contributed by atoms with Crippen LogP contribution in [0.3, 0.4) is 0 Å². The van der Waals surface area contributed by atoms with Gasteiger partial charge >= 0.3 is 6.18 Å². The molecule has 2 unspecified atom stereocenters. The normalized spacial score (nSPS) is 21.7. The van der Waals surface area contributed by atoms with Gasteiger partial charge in [0.25, 0.3) is 0 Å². The number of aliphatic imine (C=N–C) groups is 1. The molecule has 0 radical (unpaired) electrons. The zero-order valence-electron chi connectivity index (χ0n) is 14.2. The van der Waals surface area contributed by atoms with Gasteiger partial charge in [-0.15, -0.1) is 24.0 Å². The van der Waals surface area contributed by atoms with Crippen molar-refractivity contribution in [1.82, 2.24) is 15.5 Å². The van der Waals surface area contributed by atoms with Gasteiger partial charge in [0.1, 0.15) is 6.54 Å². The molecule has 0 bridgehead atoms. The molecule has 0 aromatic carbocycles. The number of guanidine groups is 1. The molecule has 1 saturated carbocycles. The minimum atomic E-state index is -4.39. The maximum atomic E-state index is 12.3. The van der Waals surface area contributed by atoms with Crippen molar-refractivity contribution in [2.75, 3.05) is 33.4 Å². The molecule has 0 heterocycles. The van der Waals surface area contributed by atoms with Gasteiger partial charge in [0, 0.05) is 25.4 Å². The highest BCUT2D eigenvalue weighted by Crippen LogP contribution is 2.26. The highest BCUT2D eigenvalue weighted by atomic mass is 127. The van der Waals surface area contributed by atoms with Crippen molar-refractivity contribution in [1.29, 1.82) is 0 Å². The number of carbonyl (C=O) groups excluding carboxylic acids is 1. The van der Waals surface area contributed by atoms with E-state index in [1.807, 2.05) is 11.8 Å². The molecular formula is C14H26F3IN4OS. The first-order valence-corrected chi connectivity index (χ1v) is 8.84. The van der Waals surface area contributed by atoms with Crippen molar-refractivity contribution in [3.63, 3.8) is 0 Å². The van der Waals surface area contributed by atoms with E-state index >= 15 is 0 Å². The van der Waals surface area contributed by atoms with Crippen molar-refractivity contribution in [2.24, 2.45) is 4.99 Å². The summed E-state index contributed by atoms with van der Waals surface area (Å²) in [5.74, 6) is -0.179. The monoisotopic (exact) mass is 482 g/mol. The van der Waals surface area contributed by atoms with Gasteiger partial charge in [-0.2, -0.15) is 24.9 Å². The SMILES string of the molecule is CN=C(NCC(=O)N(C)CC(F)(F)F)NC1CCCC(SC)C1.I. The predicted octanol–water partition coefficient (Wildman–Crippen LogP) is 2.46. The van der Waals surface area contributed by atoms with Gasteiger partial charge < -0.3 is 15.5 Å². The van der Waals surface area contributed by atoms with E-state index in [1.54, 1.807) is 7.05 Å². The maximum absolute atomic E-state index is 12.3. The van der Waals surface area contributed by atoms with Gasteiger partial charge in [0.2, 0.25) is 5.91 Å². The largest absolute Gasteiger partial charge is 0.406 e. The molecule has 0 spiro atoms. The maximum Gasteiger partial charge on any atom is 0.406 e.